The molecule has 50 heavy (non-hydrogen) atoms. The number of azo groups is 1. The fourth-order valence-corrected chi connectivity index (χ4v) is 7.06. The van der Waals surface area contributed by atoms with Gasteiger partial charge in [0.25, 0.3) is 0 Å². The molecular formula is C36H38N6O7S. The summed E-state index contributed by atoms with van der Waals surface area (Å²) in [4.78, 5) is 33.4. The van der Waals surface area contributed by atoms with Crippen molar-refractivity contribution in [3.63, 3.8) is 0 Å². The molecule has 2 aromatic heterocycles. The van der Waals surface area contributed by atoms with E-state index >= 15 is 0 Å². The Hall–Kier alpha value is -5.47. The lowest BCUT2D eigenvalue weighted by Crippen LogP contribution is -2.46. The van der Waals surface area contributed by atoms with Crippen LogP contribution < -0.4 is 0 Å². The van der Waals surface area contributed by atoms with Crippen molar-refractivity contribution in [2.45, 2.75) is 58.1 Å². The number of carbonyl (C=O) groups is 2. The third kappa shape index (κ3) is 8.21. The van der Waals surface area contributed by atoms with Crippen molar-refractivity contribution in [2.24, 2.45) is 16.1 Å². The fraction of sp³-hybridized carbons (Fsp3) is 0.278. The Labute approximate surface area is 290 Å². The number of hydrogen-bond acceptors (Lipinski definition) is 10. The second-order valence-corrected chi connectivity index (χ2v) is 14.0. The summed E-state index contributed by atoms with van der Waals surface area (Å²) in [5, 5.41) is 27.2. The first-order valence-corrected chi connectivity index (χ1v) is 17.4. The monoisotopic (exact) mass is 698 g/mol. The first-order chi connectivity index (χ1) is 23.9. The molecule has 0 radical (unpaired) electrons. The zero-order valence-electron chi connectivity index (χ0n) is 28.1. The van der Waals surface area contributed by atoms with E-state index in [1.54, 1.807) is 67.8 Å². The molecule has 0 saturated carbocycles. The molecule has 0 saturated heterocycles. The summed E-state index contributed by atoms with van der Waals surface area (Å²) in [6.07, 6.45) is 3.65. The molecule has 0 bridgehead atoms. The standard InChI is InChI=1S/C36H38N6O7S/c1-5-49-36(46)33(18-23(2)3)42(22-26-6-10-27(11-7-26)39-40-28-12-15-34(43)30(19-28)35(44)45)50(47,48)29-13-8-25(9-14-29)21-41-24(4)38-31-20-37-17-16-32(31)41/h6-17,19-20,23,33,43H,5,18,21-22H2,1-4H3,(H,44,45)/t33-/m0/s1. The van der Waals surface area contributed by atoms with Crippen LogP contribution in [-0.4, -0.2) is 62.1 Å². The molecule has 2 N–H and O–H groups in total. The molecule has 14 heteroatoms. The normalized spacial score (nSPS) is 12.6. The smallest absolute Gasteiger partial charge is 0.339 e. The number of aryl methyl sites for hydroxylation is 1. The Morgan fingerprint density at radius 2 is 1.62 bits per heavy atom. The number of esters is 1. The van der Waals surface area contributed by atoms with E-state index in [0.717, 1.165) is 22.4 Å². The van der Waals surface area contributed by atoms with E-state index in [1.807, 2.05) is 31.4 Å². The van der Waals surface area contributed by atoms with E-state index in [0.29, 0.717) is 17.8 Å². The number of phenols is 1. The van der Waals surface area contributed by atoms with Gasteiger partial charge in [0, 0.05) is 19.3 Å². The number of carboxylic acid groups (broad SMARTS) is 1. The van der Waals surface area contributed by atoms with E-state index in [1.165, 1.54) is 22.5 Å². The van der Waals surface area contributed by atoms with Crippen molar-refractivity contribution < 1.29 is 33.0 Å². The van der Waals surface area contributed by atoms with Gasteiger partial charge in [-0.05, 0) is 85.8 Å². The molecule has 2 heterocycles. The highest BCUT2D eigenvalue weighted by atomic mass is 32.2. The van der Waals surface area contributed by atoms with E-state index in [-0.39, 0.29) is 47.4 Å². The number of rotatable bonds is 14. The lowest BCUT2D eigenvalue weighted by atomic mass is 10.0. The summed E-state index contributed by atoms with van der Waals surface area (Å²) in [6.45, 7) is 7.87. The number of aromatic hydroxyl groups is 1. The first-order valence-electron chi connectivity index (χ1n) is 16.0. The van der Waals surface area contributed by atoms with Crippen LogP contribution in [0.4, 0.5) is 11.4 Å². The van der Waals surface area contributed by atoms with Crippen molar-refractivity contribution in [1.29, 1.82) is 0 Å². The topological polar surface area (TPSA) is 177 Å². The molecule has 0 unspecified atom stereocenters. The maximum Gasteiger partial charge on any atom is 0.339 e. The van der Waals surface area contributed by atoms with Crippen molar-refractivity contribution >= 4 is 44.4 Å². The lowest BCUT2D eigenvalue weighted by Gasteiger charge is -2.30. The maximum absolute atomic E-state index is 14.4. The van der Waals surface area contributed by atoms with Gasteiger partial charge >= 0.3 is 11.9 Å². The van der Waals surface area contributed by atoms with Crippen molar-refractivity contribution in [3.05, 3.63) is 108 Å². The Bertz CT molecular complexity index is 2130. The highest BCUT2D eigenvalue weighted by Gasteiger charge is 2.37. The van der Waals surface area contributed by atoms with E-state index < -0.39 is 28.0 Å². The molecule has 3 aromatic carbocycles. The minimum Gasteiger partial charge on any atom is -0.507 e. The SMILES string of the molecule is CCOC(=O)[C@H](CC(C)C)N(Cc1ccc(N=Nc2ccc(O)c(C(=O)O)c2)cc1)S(=O)(=O)c1ccc(Cn2c(C)nc3cnccc32)cc1. The molecule has 1 atom stereocenters. The summed E-state index contributed by atoms with van der Waals surface area (Å²) in [7, 11) is -4.21. The number of fused-ring (bicyclic) bond motifs is 1. The molecule has 260 valence electrons. The third-order valence-corrected chi connectivity index (χ3v) is 9.85. The second-order valence-electron chi connectivity index (χ2n) is 12.1. The lowest BCUT2D eigenvalue weighted by molar-refractivity contribution is -0.148. The third-order valence-electron chi connectivity index (χ3n) is 7.98. The summed E-state index contributed by atoms with van der Waals surface area (Å²) < 4.78 is 37.3. The Balaban J connectivity index is 1.42. The van der Waals surface area contributed by atoms with Crippen molar-refractivity contribution in [1.82, 2.24) is 18.8 Å². The number of carbonyl (C=O) groups excluding carboxylic acids is 1. The number of imidazole rings is 1. The van der Waals surface area contributed by atoms with Gasteiger partial charge in [-0.25, -0.2) is 18.2 Å². The molecule has 0 amide bonds. The molecule has 0 aliphatic carbocycles. The molecule has 5 rings (SSSR count). The molecule has 0 aliphatic heterocycles. The predicted octanol–water partition coefficient (Wildman–Crippen LogP) is 6.78. The first kappa shape index (κ1) is 35.8. The van der Waals surface area contributed by atoms with Crippen LogP contribution >= 0.6 is 0 Å². The summed E-state index contributed by atoms with van der Waals surface area (Å²) in [6, 6.07) is 17.9. The van der Waals surface area contributed by atoms with E-state index in [4.69, 9.17) is 4.74 Å². The molecule has 5 aromatic rings. The fourth-order valence-electron chi connectivity index (χ4n) is 5.49. The second kappa shape index (κ2) is 15.4. The minimum absolute atomic E-state index is 0.0164. The molecule has 0 spiro atoms. The van der Waals surface area contributed by atoms with Gasteiger partial charge in [0.15, 0.2) is 0 Å². The highest BCUT2D eigenvalue weighted by Crippen LogP contribution is 2.29. The highest BCUT2D eigenvalue weighted by molar-refractivity contribution is 7.89. The summed E-state index contributed by atoms with van der Waals surface area (Å²) in [5.41, 5.74) is 3.51. The van der Waals surface area contributed by atoms with Gasteiger partial charge in [-0.2, -0.15) is 14.5 Å². The zero-order valence-corrected chi connectivity index (χ0v) is 28.9. The molecule has 0 aliphatic rings. The number of pyridine rings is 1. The van der Waals surface area contributed by atoms with Gasteiger partial charge in [-0.3, -0.25) is 9.78 Å². The van der Waals surface area contributed by atoms with Crippen LogP contribution in [0.1, 0.15) is 54.5 Å². The van der Waals surface area contributed by atoms with Crippen LogP contribution in [0.2, 0.25) is 0 Å². The largest absolute Gasteiger partial charge is 0.507 e. The van der Waals surface area contributed by atoms with Crippen LogP contribution in [-0.2, 0) is 32.6 Å². The van der Waals surface area contributed by atoms with Crippen LogP contribution in [0.5, 0.6) is 5.75 Å². The number of benzene rings is 3. The summed E-state index contributed by atoms with van der Waals surface area (Å²) >= 11 is 0. The number of carboxylic acids is 1. The maximum atomic E-state index is 14.4. The van der Waals surface area contributed by atoms with Gasteiger partial charge in [0.1, 0.15) is 28.7 Å². The number of nitrogens with zero attached hydrogens (tertiary/aromatic N) is 6. The van der Waals surface area contributed by atoms with Crippen LogP contribution in [0.25, 0.3) is 11.0 Å². The van der Waals surface area contributed by atoms with Gasteiger partial charge in [-0.1, -0.05) is 38.1 Å². The van der Waals surface area contributed by atoms with E-state index in [9.17, 15) is 28.2 Å². The van der Waals surface area contributed by atoms with Crippen molar-refractivity contribution in [2.75, 3.05) is 6.61 Å². The number of aromatic carboxylic acids is 1. The van der Waals surface area contributed by atoms with Crippen LogP contribution in [0, 0.1) is 12.8 Å². The predicted molar refractivity (Wildman–Crippen MR) is 186 cm³/mol. The quantitative estimate of drug-likeness (QED) is 0.0935. The number of aromatic nitrogens is 3. The Morgan fingerprint density at radius 3 is 2.28 bits per heavy atom. The van der Waals surface area contributed by atoms with E-state index in [2.05, 4.69) is 20.2 Å². The number of sulfonamides is 1. The van der Waals surface area contributed by atoms with Gasteiger partial charge in [0.2, 0.25) is 10.0 Å². The number of hydrogen-bond donors (Lipinski definition) is 2. The average Bonchev–Trinajstić information content (AvgIpc) is 3.40. The zero-order chi connectivity index (χ0) is 36.0. The van der Waals surface area contributed by atoms with Crippen molar-refractivity contribution in [3.8, 4) is 5.75 Å². The van der Waals surface area contributed by atoms with Crippen LogP contribution in [0.3, 0.4) is 0 Å². The van der Waals surface area contributed by atoms with Gasteiger partial charge < -0.3 is 19.5 Å². The Kier molecular flexibility index (Phi) is 11.0. The van der Waals surface area contributed by atoms with Crippen LogP contribution in [0.15, 0.2) is 100 Å². The molecule has 0 fully saturated rings. The average molecular weight is 699 g/mol. The molecular weight excluding hydrogens is 660 g/mol. The van der Waals surface area contributed by atoms with Gasteiger partial charge in [-0.15, -0.1) is 0 Å². The molecule has 13 nitrogen and oxygen atoms in total. The summed E-state index contributed by atoms with van der Waals surface area (Å²) in [5.74, 6) is -1.52. The Morgan fingerprint density at radius 1 is 0.960 bits per heavy atom. The number of ether oxygens (including phenoxy) is 1. The van der Waals surface area contributed by atoms with Gasteiger partial charge in [0.05, 0.1) is 34.6 Å². The minimum atomic E-state index is -4.21.